The smallest absolute Gasteiger partial charge is 0.353 e. The van der Waals surface area contributed by atoms with Gasteiger partial charge in [0.1, 0.15) is 0 Å². The third kappa shape index (κ3) is 2.44. The zero-order valence-corrected chi connectivity index (χ0v) is 12.3. The Morgan fingerprint density at radius 2 is 2.25 bits per heavy atom. The lowest BCUT2D eigenvalue weighted by molar-refractivity contribution is -0.0502. The van der Waals surface area contributed by atoms with Crippen LogP contribution in [0.4, 0.5) is 4.39 Å². The van der Waals surface area contributed by atoms with E-state index in [4.69, 9.17) is 9.47 Å². The van der Waals surface area contributed by atoms with Gasteiger partial charge in [0.25, 0.3) is 0 Å². The molecule has 1 aromatic rings. The van der Waals surface area contributed by atoms with Crippen LogP contribution < -0.4 is 10.4 Å². The van der Waals surface area contributed by atoms with E-state index in [1.165, 1.54) is 17.7 Å². The Balaban J connectivity index is 2.34. The van der Waals surface area contributed by atoms with Gasteiger partial charge >= 0.3 is 5.69 Å². The van der Waals surface area contributed by atoms with E-state index in [1.807, 2.05) is 6.92 Å². The van der Waals surface area contributed by atoms with Crippen LogP contribution in [-0.4, -0.2) is 27.9 Å². The van der Waals surface area contributed by atoms with Crippen LogP contribution in [0.2, 0.25) is 0 Å². The Labute approximate surface area is 117 Å². The van der Waals surface area contributed by atoms with Gasteiger partial charge in [0.05, 0.1) is 12.7 Å². The van der Waals surface area contributed by atoms with Crippen molar-refractivity contribution in [3.63, 3.8) is 0 Å². The molecule has 0 bridgehead atoms. The van der Waals surface area contributed by atoms with Gasteiger partial charge in [-0.3, -0.25) is 4.57 Å². The Morgan fingerprint density at radius 3 is 2.75 bits per heavy atom. The van der Waals surface area contributed by atoms with E-state index in [2.05, 4.69) is 4.98 Å². The molecule has 0 aromatic carbocycles. The third-order valence-corrected chi connectivity index (χ3v) is 3.99. The van der Waals surface area contributed by atoms with Crippen molar-refractivity contribution in [1.29, 1.82) is 0 Å². The van der Waals surface area contributed by atoms with Gasteiger partial charge < -0.3 is 9.47 Å². The van der Waals surface area contributed by atoms with E-state index in [0.29, 0.717) is 13.0 Å². The zero-order chi connectivity index (χ0) is 14.9. The molecule has 20 heavy (non-hydrogen) atoms. The van der Waals surface area contributed by atoms with Gasteiger partial charge in [0, 0.05) is 18.2 Å². The van der Waals surface area contributed by atoms with Crippen molar-refractivity contribution in [3.05, 3.63) is 22.7 Å². The van der Waals surface area contributed by atoms with E-state index in [-0.39, 0.29) is 17.9 Å². The minimum absolute atomic E-state index is 0.200. The summed E-state index contributed by atoms with van der Waals surface area (Å²) in [6.45, 7) is 7.45. The highest BCUT2D eigenvalue weighted by atomic mass is 19.1. The van der Waals surface area contributed by atoms with Gasteiger partial charge in [-0.25, -0.2) is 9.18 Å². The molecular formula is C14H21FN2O3. The molecule has 4 atom stereocenters. The van der Waals surface area contributed by atoms with Crippen LogP contribution in [0.5, 0.6) is 5.88 Å². The number of rotatable bonds is 4. The van der Waals surface area contributed by atoms with Crippen molar-refractivity contribution in [2.75, 3.05) is 6.61 Å². The monoisotopic (exact) mass is 284 g/mol. The fraction of sp³-hybridized carbons (Fsp3) is 0.714. The SMILES string of the molecule is CCOc1ccn([C@@H]2O[C@H](CC)[C@H](C)C2(C)F)c(=O)n1. The minimum Gasteiger partial charge on any atom is -0.478 e. The lowest BCUT2D eigenvalue weighted by atomic mass is 9.88. The Morgan fingerprint density at radius 1 is 1.55 bits per heavy atom. The summed E-state index contributed by atoms with van der Waals surface area (Å²) in [5.74, 6) is -0.0385. The Kier molecular flexibility index (Phi) is 4.13. The van der Waals surface area contributed by atoms with E-state index in [1.54, 1.807) is 19.9 Å². The summed E-state index contributed by atoms with van der Waals surface area (Å²) >= 11 is 0. The summed E-state index contributed by atoms with van der Waals surface area (Å²) in [6, 6.07) is 1.55. The second-order valence-corrected chi connectivity index (χ2v) is 5.26. The molecule has 2 heterocycles. The Bertz CT molecular complexity index is 529. The minimum atomic E-state index is -1.61. The molecule has 1 fully saturated rings. The number of aromatic nitrogens is 2. The lowest BCUT2D eigenvalue weighted by Crippen LogP contribution is -2.38. The quantitative estimate of drug-likeness (QED) is 0.851. The molecule has 0 aliphatic carbocycles. The first-order valence-electron chi connectivity index (χ1n) is 6.98. The molecule has 112 valence electrons. The van der Waals surface area contributed by atoms with Crippen molar-refractivity contribution in [2.45, 2.75) is 52.1 Å². The summed E-state index contributed by atoms with van der Waals surface area (Å²) < 4.78 is 27.0. The number of alkyl halides is 1. The molecule has 1 saturated heterocycles. The Hall–Kier alpha value is -1.43. The van der Waals surface area contributed by atoms with Gasteiger partial charge in [-0.05, 0) is 20.3 Å². The predicted octanol–water partition coefficient (Wildman–Crippen LogP) is 2.31. The molecule has 1 aromatic heterocycles. The van der Waals surface area contributed by atoms with Gasteiger partial charge in [-0.2, -0.15) is 4.98 Å². The predicted molar refractivity (Wildman–Crippen MR) is 72.5 cm³/mol. The standard InChI is InChI=1S/C14H21FN2O3/c1-5-10-9(3)14(4,15)12(20-10)17-8-7-11(19-6-2)16-13(17)18/h7-10,12H,5-6H2,1-4H3/t9-,10+,12+,14?/m0/s1. The second kappa shape index (κ2) is 5.52. The molecule has 1 unspecified atom stereocenters. The average Bonchev–Trinajstić information content (AvgIpc) is 2.62. The largest absolute Gasteiger partial charge is 0.478 e. The third-order valence-electron chi connectivity index (χ3n) is 3.99. The molecule has 0 N–H and O–H groups in total. The summed E-state index contributed by atoms with van der Waals surface area (Å²) in [5, 5.41) is 0. The maximum Gasteiger partial charge on any atom is 0.353 e. The molecule has 6 heteroatoms. The topological polar surface area (TPSA) is 53.4 Å². The van der Waals surface area contributed by atoms with Crippen molar-refractivity contribution in [3.8, 4) is 5.88 Å². The van der Waals surface area contributed by atoms with Gasteiger partial charge in [-0.15, -0.1) is 0 Å². The maximum atomic E-state index is 14.9. The lowest BCUT2D eigenvalue weighted by Gasteiger charge is -2.25. The van der Waals surface area contributed by atoms with Crippen LogP contribution in [0, 0.1) is 5.92 Å². The molecule has 0 radical (unpaired) electrons. The first kappa shape index (κ1) is 15.0. The molecule has 0 amide bonds. The molecule has 1 aliphatic rings. The first-order chi connectivity index (χ1) is 9.41. The highest BCUT2D eigenvalue weighted by Gasteiger charge is 2.52. The van der Waals surface area contributed by atoms with Crippen LogP contribution in [0.1, 0.15) is 40.3 Å². The van der Waals surface area contributed by atoms with Crippen LogP contribution in [0.15, 0.2) is 17.1 Å². The number of ether oxygens (including phenoxy) is 2. The van der Waals surface area contributed by atoms with Gasteiger partial charge in [0.2, 0.25) is 5.88 Å². The van der Waals surface area contributed by atoms with Crippen molar-refractivity contribution < 1.29 is 13.9 Å². The normalized spacial score (nSPS) is 33.4. The highest BCUT2D eigenvalue weighted by Crippen LogP contribution is 2.45. The number of halogens is 1. The maximum absolute atomic E-state index is 14.9. The van der Waals surface area contributed by atoms with Crippen molar-refractivity contribution in [1.82, 2.24) is 9.55 Å². The van der Waals surface area contributed by atoms with Crippen molar-refractivity contribution in [2.24, 2.45) is 5.92 Å². The number of hydrogen-bond donors (Lipinski definition) is 0. The van der Waals surface area contributed by atoms with Gasteiger partial charge in [0.15, 0.2) is 11.9 Å². The molecule has 1 aliphatic heterocycles. The summed E-state index contributed by atoms with van der Waals surface area (Å²) in [5.41, 5.74) is -2.17. The van der Waals surface area contributed by atoms with Gasteiger partial charge in [-0.1, -0.05) is 13.8 Å². The molecular weight excluding hydrogens is 263 g/mol. The van der Waals surface area contributed by atoms with Crippen LogP contribution in [0.25, 0.3) is 0 Å². The highest BCUT2D eigenvalue weighted by molar-refractivity contribution is 5.08. The number of hydrogen-bond acceptors (Lipinski definition) is 4. The first-order valence-corrected chi connectivity index (χ1v) is 6.98. The fourth-order valence-electron chi connectivity index (χ4n) is 2.60. The molecule has 0 spiro atoms. The summed E-state index contributed by atoms with van der Waals surface area (Å²) in [4.78, 5) is 15.8. The van der Waals surface area contributed by atoms with Crippen LogP contribution in [0.3, 0.4) is 0 Å². The summed E-state index contributed by atoms with van der Waals surface area (Å²) in [6.07, 6.45) is 1.04. The van der Waals surface area contributed by atoms with Crippen molar-refractivity contribution >= 4 is 0 Å². The summed E-state index contributed by atoms with van der Waals surface area (Å²) in [7, 11) is 0. The van der Waals surface area contributed by atoms with Crippen LogP contribution in [-0.2, 0) is 4.74 Å². The van der Waals surface area contributed by atoms with E-state index in [9.17, 15) is 9.18 Å². The second-order valence-electron chi connectivity index (χ2n) is 5.26. The number of nitrogens with zero attached hydrogens (tertiary/aromatic N) is 2. The van der Waals surface area contributed by atoms with Crippen LogP contribution >= 0.6 is 0 Å². The molecule has 0 saturated carbocycles. The zero-order valence-electron chi connectivity index (χ0n) is 12.3. The fourth-order valence-corrected chi connectivity index (χ4v) is 2.60. The van der Waals surface area contributed by atoms with E-state index >= 15 is 0 Å². The van der Waals surface area contributed by atoms with E-state index in [0.717, 1.165) is 0 Å². The molecule has 2 rings (SSSR count). The molecule has 5 nitrogen and oxygen atoms in total. The van der Waals surface area contributed by atoms with E-state index < -0.39 is 17.6 Å². The average molecular weight is 284 g/mol.